The van der Waals surface area contributed by atoms with Crippen LogP contribution in [0.25, 0.3) is 10.8 Å². The number of aliphatic carboxylic acids is 1. The monoisotopic (exact) mass is 257 g/mol. The van der Waals surface area contributed by atoms with Crippen molar-refractivity contribution in [3.63, 3.8) is 0 Å². The normalized spacial score (nSPS) is 12.1. The van der Waals surface area contributed by atoms with Gasteiger partial charge in [-0.25, -0.2) is 0 Å². The smallest absolute Gasteiger partial charge is 0.315 e. The third-order valence-electron chi connectivity index (χ3n) is 3.10. The van der Waals surface area contributed by atoms with Crippen molar-refractivity contribution < 1.29 is 14.7 Å². The summed E-state index contributed by atoms with van der Waals surface area (Å²) in [6.45, 7) is 1.71. The fourth-order valence-corrected chi connectivity index (χ4v) is 1.89. The van der Waals surface area contributed by atoms with E-state index < -0.39 is 17.8 Å². The van der Waals surface area contributed by atoms with Crippen LogP contribution < -0.4 is 5.32 Å². The molecule has 0 saturated carbocycles. The highest BCUT2D eigenvalue weighted by atomic mass is 16.4. The van der Waals surface area contributed by atoms with Gasteiger partial charge in [0, 0.05) is 6.54 Å². The summed E-state index contributed by atoms with van der Waals surface area (Å²) in [5.74, 6) is -2.62. The number of rotatable bonds is 4. The molecule has 2 N–H and O–H groups in total. The van der Waals surface area contributed by atoms with Crippen LogP contribution in [0, 0.1) is 5.92 Å². The predicted octanol–water partition coefficient (Wildman–Crippen LogP) is 2.18. The Balaban J connectivity index is 2.14. The largest absolute Gasteiger partial charge is 0.481 e. The number of carboxylic acid groups (broad SMARTS) is 1. The van der Waals surface area contributed by atoms with E-state index in [4.69, 9.17) is 5.11 Å². The zero-order valence-electron chi connectivity index (χ0n) is 10.6. The third kappa shape index (κ3) is 2.91. The fourth-order valence-electron chi connectivity index (χ4n) is 1.89. The van der Waals surface area contributed by atoms with Crippen LogP contribution in [0.5, 0.6) is 0 Å². The highest BCUT2D eigenvalue weighted by Gasteiger charge is 2.19. The van der Waals surface area contributed by atoms with Crippen molar-refractivity contribution in [1.29, 1.82) is 0 Å². The second-order valence-corrected chi connectivity index (χ2v) is 4.42. The van der Waals surface area contributed by atoms with Crippen LogP contribution in [0.1, 0.15) is 12.5 Å². The zero-order valence-corrected chi connectivity index (χ0v) is 10.6. The summed E-state index contributed by atoms with van der Waals surface area (Å²) in [5, 5.41) is 13.6. The van der Waals surface area contributed by atoms with Gasteiger partial charge < -0.3 is 10.4 Å². The molecule has 0 fully saturated rings. The van der Waals surface area contributed by atoms with Crippen LogP contribution in [0.3, 0.4) is 0 Å². The lowest BCUT2D eigenvalue weighted by Crippen LogP contribution is -2.33. The SMILES string of the molecule is CC(C(=O)O)C(=O)NCc1cccc2ccccc12. The number of nitrogens with one attached hydrogen (secondary N) is 1. The van der Waals surface area contributed by atoms with Gasteiger partial charge in [0.1, 0.15) is 5.92 Å². The van der Waals surface area contributed by atoms with E-state index in [0.29, 0.717) is 6.54 Å². The van der Waals surface area contributed by atoms with E-state index in [9.17, 15) is 9.59 Å². The number of benzene rings is 2. The lowest BCUT2D eigenvalue weighted by molar-refractivity contribution is -0.146. The van der Waals surface area contributed by atoms with E-state index in [1.54, 1.807) is 0 Å². The number of carboxylic acids is 1. The molecule has 4 heteroatoms. The van der Waals surface area contributed by atoms with E-state index >= 15 is 0 Å². The molecule has 1 unspecified atom stereocenters. The van der Waals surface area contributed by atoms with Crippen LogP contribution in [0.4, 0.5) is 0 Å². The highest BCUT2D eigenvalue weighted by Crippen LogP contribution is 2.18. The van der Waals surface area contributed by atoms with Gasteiger partial charge in [-0.2, -0.15) is 0 Å². The first kappa shape index (κ1) is 13.1. The number of carbonyl (C=O) groups is 2. The van der Waals surface area contributed by atoms with Crippen LogP contribution >= 0.6 is 0 Å². The molecule has 0 aromatic heterocycles. The summed E-state index contributed by atoms with van der Waals surface area (Å²) < 4.78 is 0. The van der Waals surface area contributed by atoms with Gasteiger partial charge in [-0.05, 0) is 23.3 Å². The first-order valence-corrected chi connectivity index (χ1v) is 6.07. The number of carbonyl (C=O) groups excluding carboxylic acids is 1. The second-order valence-electron chi connectivity index (χ2n) is 4.42. The maximum absolute atomic E-state index is 11.6. The molecular weight excluding hydrogens is 242 g/mol. The van der Waals surface area contributed by atoms with E-state index in [0.717, 1.165) is 16.3 Å². The zero-order chi connectivity index (χ0) is 13.8. The van der Waals surface area contributed by atoms with Gasteiger partial charge in [-0.15, -0.1) is 0 Å². The van der Waals surface area contributed by atoms with Crippen molar-refractivity contribution in [2.45, 2.75) is 13.5 Å². The van der Waals surface area contributed by atoms with Crippen LogP contribution in [-0.2, 0) is 16.1 Å². The minimum atomic E-state index is -1.12. The molecule has 19 heavy (non-hydrogen) atoms. The van der Waals surface area contributed by atoms with Crippen molar-refractivity contribution in [1.82, 2.24) is 5.32 Å². The number of fused-ring (bicyclic) bond motifs is 1. The molecule has 0 heterocycles. The minimum Gasteiger partial charge on any atom is -0.481 e. The van der Waals surface area contributed by atoms with Crippen LogP contribution in [0.2, 0.25) is 0 Å². The summed E-state index contributed by atoms with van der Waals surface area (Å²) in [6, 6.07) is 13.7. The molecule has 0 saturated heterocycles. The molecule has 0 aliphatic rings. The van der Waals surface area contributed by atoms with E-state index in [1.165, 1.54) is 6.92 Å². The van der Waals surface area contributed by atoms with Gasteiger partial charge in [0.2, 0.25) is 5.91 Å². The van der Waals surface area contributed by atoms with Gasteiger partial charge in [0.15, 0.2) is 0 Å². The Hall–Kier alpha value is -2.36. The van der Waals surface area contributed by atoms with Crippen molar-refractivity contribution in [2.24, 2.45) is 5.92 Å². The van der Waals surface area contributed by atoms with Crippen molar-refractivity contribution in [3.8, 4) is 0 Å². The second kappa shape index (κ2) is 5.52. The van der Waals surface area contributed by atoms with Crippen LogP contribution in [-0.4, -0.2) is 17.0 Å². The molecule has 0 radical (unpaired) electrons. The molecule has 4 nitrogen and oxygen atoms in total. The molecule has 2 aromatic rings. The fraction of sp³-hybridized carbons (Fsp3) is 0.200. The first-order chi connectivity index (χ1) is 9.09. The van der Waals surface area contributed by atoms with E-state index in [2.05, 4.69) is 5.32 Å². The Bertz CT molecular complexity index is 616. The predicted molar refractivity (Wildman–Crippen MR) is 72.6 cm³/mol. The Kier molecular flexibility index (Phi) is 3.80. The standard InChI is InChI=1S/C15H15NO3/c1-10(15(18)19)14(17)16-9-12-7-4-6-11-5-2-3-8-13(11)12/h2-8,10H,9H2,1H3,(H,16,17)(H,18,19). The summed E-state index contributed by atoms with van der Waals surface area (Å²) in [7, 11) is 0. The summed E-state index contributed by atoms with van der Waals surface area (Å²) in [6.07, 6.45) is 0. The Labute approximate surface area is 111 Å². The van der Waals surface area contributed by atoms with Crippen molar-refractivity contribution in [3.05, 3.63) is 48.0 Å². The maximum atomic E-state index is 11.6. The third-order valence-corrected chi connectivity index (χ3v) is 3.10. The molecular formula is C15H15NO3. The Morgan fingerprint density at radius 1 is 1.16 bits per heavy atom. The highest BCUT2D eigenvalue weighted by molar-refractivity contribution is 5.96. The van der Waals surface area contributed by atoms with Crippen LogP contribution in [0.15, 0.2) is 42.5 Å². The average molecular weight is 257 g/mol. The minimum absolute atomic E-state index is 0.331. The Morgan fingerprint density at radius 3 is 2.58 bits per heavy atom. The van der Waals surface area contributed by atoms with Gasteiger partial charge in [0.05, 0.1) is 0 Å². The van der Waals surface area contributed by atoms with Crippen molar-refractivity contribution >= 4 is 22.6 Å². The number of amides is 1. The lowest BCUT2D eigenvalue weighted by Gasteiger charge is -2.10. The Morgan fingerprint density at radius 2 is 1.84 bits per heavy atom. The average Bonchev–Trinajstić information content (AvgIpc) is 2.43. The van der Waals surface area contributed by atoms with Gasteiger partial charge in [-0.3, -0.25) is 9.59 Å². The van der Waals surface area contributed by atoms with E-state index in [1.807, 2.05) is 42.5 Å². The molecule has 1 atom stereocenters. The summed E-state index contributed by atoms with van der Waals surface area (Å²) >= 11 is 0. The molecule has 2 aromatic carbocycles. The molecule has 0 bridgehead atoms. The topological polar surface area (TPSA) is 66.4 Å². The van der Waals surface area contributed by atoms with Gasteiger partial charge in [0.25, 0.3) is 0 Å². The molecule has 1 amide bonds. The molecule has 2 rings (SSSR count). The van der Waals surface area contributed by atoms with Gasteiger partial charge >= 0.3 is 5.97 Å². The summed E-state index contributed by atoms with van der Waals surface area (Å²) in [5.41, 5.74) is 0.976. The molecule has 98 valence electrons. The molecule has 0 aliphatic heterocycles. The van der Waals surface area contributed by atoms with Gasteiger partial charge in [-0.1, -0.05) is 42.5 Å². The van der Waals surface area contributed by atoms with E-state index in [-0.39, 0.29) is 0 Å². The van der Waals surface area contributed by atoms with Crippen molar-refractivity contribution in [2.75, 3.05) is 0 Å². The molecule has 0 aliphatic carbocycles. The molecule has 0 spiro atoms. The number of hydrogen-bond acceptors (Lipinski definition) is 2. The quantitative estimate of drug-likeness (QED) is 0.825. The first-order valence-electron chi connectivity index (χ1n) is 6.07. The number of hydrogen-bond donors (Lipinski definition) is 2. The summed E-state index contributed by atoms with van der Waals surface area (Å²) in [4.78, 5) is 22.3. The maximum Gasteiger partial charge on any atom is 0.315 e. The lowest BCUT2D eigenvalue weighted by atomic mass is 10.0.